The zero-order valence-electron chi connectivity index (χ0n) is 13.6. The minimum atomic E-state index is -0.987. The van der Waals surface area contributed by atoms with Crippen LogP contribution < -0.4 is 0 Å². The summed E-state index contributed by atoms with van der Waals surface area (Å²) in [4.78, 5) is 25.1. The number of carbonyl (C=O) groups is 2. The van der Waals surface area contributed by atoms with E-state index in [0.717, 1.165) is 12.8 Å². The average molecular weight is 405 g/mol. The van der Waals surface area contributed by atoms with Crippen molar-refractivity contribution < 1.29 is 18.7 Å². The Hall–Kier alpha value is -2.01. The number of ether oxygens (including phenoxy) is 1. The lowest BCUT2D eigenvalue weighted by molar-refractivity contribution is -0.149. The van der Waals surface area contributed by atoms with Gasteiger partial charge in [-0.3, -0.25) is 9.59 Å². The fourth-order valence-electron chi connectivity index (χ4n) is 3.45. The fourth-order valence-corrected chi connectivity index (χ4v) is 3.95. The quantitative estimate of drug-likeness (QED) is 0.529. The van der Waals surface area contributed by atoms with Crippen molar-refractivity contribution in [2.24, 2.45) is 0 Å². The maximum absolute atomic E-state index is 14.3. The second kappa shape index (κ2) is 7.48. The third-order valence-electron chi connectivity index (χ3n) is 4.75. The summed E-state index contributed by atoms with van der Waals surface area (Å²) < 4.78 is 20.3. The van der Waals surface area contributed by atoms with Gasteiger partial charge in [0.1, 0.15) is 5.82 Å². The Labute approximate surface area is 154 Å². The molecule has 2 aromatic carbocycles. The molecule has 0 spiro atoms. The topological polar surface area (TPSA) is 43.4 Å². The zero-order chi connectivity index (χ0) is 17.9. The molecule has 2 aromatic rings. The van der Waals surface area contributed by atoms with Gasteiger partial charge in [-0.15, -0.1) is 0 Å². The van der Waals surface area contributed by atoms with E-state index in [9.17, 15) is 14.0 Å². The Morgan fingerprint density at radius 2 is 1.68 bits per heavy atom. The van der Waals surface area contributed by atoms with E-state index in [4.69, 9.17) is 4.74 Å². The fraction of sp³-hybridized carbons (Fsp3) is 0.300. The van der Waals surface area contributed by atoms with Crippen LogP contribution in [0.15, 0.2) is 53.0 Å². The van der Waals surface area contributed by atoms with Crippen molar-refractivity contribution in [3.63, 3.8) is 0 Å². The highest BCUT2D eigenvalue weighted by Gasteiger charge is 2.45. The molecule has 0 bridgehead atoms. The number of benzene rings is 2. The van der Waals surface area contributed by atoms with Gasteiger partial charge in [-0.1, -0.05) is 65.2 Å². The lowest BCUT2D eigenvalue weighted by atomic mass is 9.78. The molecule has 0 saturated heterocycles. The highest BCUT2D eigenvalue weighted by molar-refractivity contribution is 9.10. The first-order valence-corrected chi connectivity index (χ1v) is 9.04. The molecule has 1 aliphatic carbocycles. The summed E-state index contributed by atoms with van der Waals surface area (Å²) in [7, 11) is 0. The van der Waals surface area contributed by atoms with E-state index in [1.807, 2.05) is 0 Å². The molecule has 3 rings (SSSR count). The third-order valence-corrected chi connectivity index (χ3v) is 5.44. The normalized spacial score (nSPS) is 15.8. The number of halogens is 2. The number of hydrogen-bond donors (Lipinski definition) is 0. The Bertz CT molecular complexity index is 797. The Morgan fingerprint density at radius 3 is 2.36 bits per heavy atom. The van der Waals surface area contributed by atoms with Crippen LogP contribution in [0.4, 0.5) is 4.39 Å². The molecule has 1 aliphatic rings. The lowest BCUT2D eigenvalue weighted by Gasteiger charge is -2.27. The predicted octanol–water partition coefficient (Wildman–Crippen LogP) is 4.83. The number of esters is 1. The highest BCUT2D eigenvalue weighted by Crippen LogP contribution is 2.43. The number of ketones is 1. The first kappa shape index (κ1) is 17.8. The van der Waals surface area contributed by atoms with Crippen LogP contribution in [0, 0.1) is 5.82 Å². The van der Waals surface area contributed by atoms with Crippen LogP contribution >= 0.6 is 15.9 Å². The van der Waals surface area contributed by atoms with Gasteiger partial charge in [0.25, 0.3) is 0 Å². The van der Waals surface area contributed by atoms with Gasteiger partial charge < -0.3 is 4.74 Å². The molecule has 1 saturated carbocycles. The summed E-state index contributed by atoms with van der Waals surface area (Å²) in [5, 5.41) is 0. The average Bonchev–Trinajstić information content (AvgIpc) is 3.11. The molecule has 0 radical (unpaired) electrons. The lowest BCUT2D eigenvalue weighted by Crippen LogP contribution is -2.36. The molecule has 0 heterocycles. The predicted molar refractivity (Wildman–Crippen MR) is 96.0 cm³/mol. The van der Waals surface area contributed by atoms with E-state index in [2.05, 4.69) is 15.9 Å². The van der Waals surface area contributed by atoms with E-state index in [0.29, 0.717) is 28.4 Å². The van der Waals surface area contributed by atoms with E-state index in [1.54, 1.807) is 42.5 Å². The molecular formula is C20H18BrFO3. The van der Waals surface area contributed by atoms with Crippen molar-refractivity contribution in [3.05, 3.63) is 69.9 Å². The molecule has 5 heteroatoms. The summed E-state index contributed by atoms with van der Waals surface area (Å²) >= 11 is 3.32. The van der Waals surface area contributed by atoms with Crippen LogP contribution in [0.1, 0.15) is 41.6 Å². The van der Waals surface area contributed by atoms with Crippen LogP contribution in [-0.4, -0.2) is 18.4 Å². The Morgan fingerprint density at radius 1 is 1.04 bits per heavy atom. The van der Waals surface area contributed by atoms with Gasteiger partial charge in [0.2, 0.25) is 5.78 Å². The van der Waals surface area contributed by atoms with Crippen LogP contribution in [0.25, 0.3) is 0 Å². The van der Waals surface area contributed by atoms with Gasteiger partial charge in [0.15, 0.2) is 6.61 Å². The maximum atomic E-state index is 14.3. The molecule has 0 unspecified atom stereocenters. The monoisotopic (exact) mass is 404 g/mol. The van der Waals surface area contributed by atoms with Crippen molar-refractivity contribution in [1.82, 2.24) is 0 Å². The summed E-state index contributed by atoms with van der Waals surface area (Å²) in [5.41, 5.74) is -0.160. The molecule has 25 heavy (non-hydrogen) atoms. The van der Waals surface area contributed by atoms with Crippen LogP contribution in [0.5, 0.6) is 0 Å². The van der Waals surface area contributed by atoms with Crippen molar-refractivity contribution >= 4 is 27.7 Å². The number of hydrogen-bond acceptors (Lipinski definition) is 3. The van der Waals surface area contributed by atoms with Crippen molar-refractivity contribution in [2.45, 2.75) is 31.1 Å². The zero-order valence-corrected chi connectivity index (χ0v) is 15.2. The third kappa shape index (κ3) is 3.52. The molecular weight excluding hydrogens is 387 g/mol. The van der Waals surface area contributed by atoms with Gasteiger partial charge in [-0.05, 0) is 25.0 Å². The summed E-state index contributed by atoms with van der Waals surface area (Å²) in [6.45, 7) is -0.350. The molecule has 0 aliphatic heterocycles. The Kier molecular flexibility index (Phi) is 5.33. The van der Waals surface area contributed by atoms with Crippen LogP contribution in [-0.2, 0) is 14.9 Å². The van der Waals surface area contributed by atoms with Gasteiger partial charge in [-0.25, -0.2) is 4.39 Å². The Balaban J connectivity index is 1.78. The van der Waals surface area contributed by atoms with Crippen LogP contribution in [0.2, 0.25) is 0 Å². The SMILES string of the molecule is O=C(COC(=O)C1(c2ccccc2F)CCCC1)c1ccccc1Br. The molecule has 0 N–H and O–H groups in total. The second-order valence-electron chi connectivity index (χ2n) is 6.25. The minimum absolute atomic E-state index is 0.289. The minimum Gasteiger partial charge on any atom is -0.457 e. The van der Waals surface area contributed by atoms with Crippen LogP contribution in [0.3, 0.4) is 0 Å². The number of rotatable bonds is 5. The molecule has 130 valence electrons. The van der Waals surface area contributed by atoms with E-state index in [-0.39, 0.29) is 12.4 Å². The highest BCUT2D eigenvalue weighted by atomic mass is 79.9. The standard InChI is InChI=1S/C20H18BrFO3/c21-16-9-3-1-7-14(16)18(23)13-25-19(24)20(11-5-6-12-20)15-8-2-4-10-17(15)22/h1-4,7-10H,5-6,11-13H2. The maximum Gasteiger partial charge on any atom is 0.317 e. The van der Waals surface area contributed by atoms with E-state index >= 15 is 0 Å². The first-order chi connectivity index (χ1) is 12.0. The first-order valence-electron chi connectivity index (χ1n) is 8.24. The van der Waals surface area contributed by atoms with Gasteiger partial charge >= 0.3 is 5.97 Å². The summed E-state index contributed by atoms with van der Waals surface area (Å²) in [5.74, 6) is -1.21. The molecule has 0 aromatic heterocycles. The largest absolute Gasteiger partial charge is 0.457 e. The van der Waals surface area contributed by atoms with Crippen molar-refractivity contribution in [3.8, 4) is 0 Å². The van der Waals surface area contributed by atoms with E-state index in [1.165, 1.54) is 6.07 Å². The van der Waals surface area contributed by atoms with Gasteiger partial charge in [-0.2, -0.15) is 0 Å². The van der Waals surface area contributed by atoms with Gasteiger partial charge in [0.05, 0.1) is 5.41 Å². The second-order valence-corrected chi connectivity index (χ2v) is 7.10. The molecule has 0 atom stereocenters. The summed E-state index contributed by atoms with van der Waals surface area (Å²) in [6, 6.07) is 13.3. The molecule has 0 amide bonds. The van der Waals surface area contributed by atoms with Crippen molar-refractivity contribution in [2.75, 3.05) is 6.61 Å². The van der Waals surface area contributed by atoms with E-state index < -0.39 is 17.2 Å². The number of Topliss-reactive ketones (excluding diaryl/α,β-unsaturated/α-hetero) is 1. The van der Waals surface area contributed by atoms with Gasteiger partial charge in [0, 0.05) is 15.6 Å². The van der Waals surface area contributed by atoms with Crippen molar-refractivity contribution in [1.29, 1.82) is 0 Å². The summed E-state index contributed by atoms with van der Waals surface area (Å²) in [6.07, 6.45) is 2.75. The molecule has 3 nitrogen and oxygen atoms in total. The smallest absolute Gasteiger partial charge is 0.317 e. The number of carbonyl (C=O) groups excluding carboxylic acids is 2. The molecule has 1 fully saturated rings.